The highest BCUT2D eigenvalue weighted by Crippen LogP contribution is 2.30. The summed E-state index contributed by atoms with van der Waals surface area (Å²) in [6.07, 6.45) is 1.00. The van der Waals surface area contributed by atoms with Crippen LogP contribution in [0.15, 0.2) is 42.5 Å². The van der Waals surface area contributed by atoms with Crippen LogP contribution >= 0.6 is 11.6 Å². The van der Waals surface area contributed by atoms with Gasteiger partial charge in [0, 0.05) is 5.69 Å². The normalized spacial score (nSPS) is 10.9. The molecule has 30 heavy (non-hydrogen) atoms. The molecule has 2 aromatic carbocycles. The van der Waals surface area contributed by atoms with Crippen LogP contribution in [-0.4, -0.2) is 46.3 Å². The van der Waals surface area contributed by atoms with E-state index in [1.807, 2.05) is 0 Å². The number of sulfonamides is 1. The van der Waals surface area contributed by atoms with E-state index in [0.29, 0.717) is 12.4 Å². The van der Waals surface area contributed by atoms with Crippen LogP contribution in [0, 0.1) is 0 Å². The summed E-state index contributed by atoms with van der Waals surface area (Å²) in [5, 5.41) is 2.75. The lowest BCUT2D eigenvalue weighted by atomic mass is 10.2. The van der Waals surface area contributed by atoms with Gasteiger partial charge in [0.25, 0.3) is 0 Å². The van der Waals surface area contributed by atoms with E-state index in [1.165, 1.54) is 18.2 Å². The molecule has 0 aliphatic carbocycles. The molecule has 162 valence electrons. The summed E-state index contributed by atoms with van der Waals surface area (Å²) in [6, 6.07) is 10.9. The maximum absolute atomic E-state index is 12.6. The summed E-state index contributed by atoms with van der Waals surface area (Å²) in [7, 11) is -3.78. The highest BCUT2D eigenvalue weighted by molar-refractivity contribution is 7.92. The lowest BCUT2D eigenvalue weighted by Crippen LogP contribution is -2.37. The van der Waals surface area contributed by atoms with Gasteiger partial charge in [0.2, 0.25) is 15.9 Å². The first-order chi connectivity index (χ1) is 14.2. The van der Waals surface area contributed by atoms with Crippen LogP contribution in [0.2, 0.25) is 5.02 Å². The average Bonchev–Trinajstić information content (AvgIpc) is 2.68. The summed E-state index contributed by atoms with van der Waals surface area (Å²) in [6.45, 7) is 3.46. The highest BCUT2D eigenvalue weighted by Gasteiger charge is 2.24. The SMILES string of the molecule is CCOC(=O)c1cc(NC(=O)CN(c2ccccc2OCC)S(C)(=O)=O)ccc1Cl. The first-order valence-electron chi connectivity index (χ1n) is 9.13. The van der Waals surface area contributed by atoms with Crippen LogP contribution in [0.4, 0.5) is 11.4 Å². The molecule has 0 saturated heterocycles. The Labute approximate surface area is 180 Å². The molecule has 0 spiro atoms. The molecule has 0 unspecified atom stereocenters. The molecule has 10 heteroatoms. The zero-order valence-corrected chi connectivity index (χ0v) is 18.4. The second kappa shape index (κ2) is 10.3. The van der Waals surface area contributed by atoms with Crippen molar-refractivity contribution in [3.8, 4) is 5.75 Å². The van der Waals surface area contributed by atoms with Crippen LogP contribution in [0.3, 0.4) is 0 Å². The number of rotatable bonds is 9. The molecule has 0 saturated carbocycles. The number of nitrogens with one attached hydrogen (secondary N) is 1. The topological polar surface area (TPSA) is 102 Å². The van der Waals surface area contributed by atoms with E-state index in [2.05, 4.69) is 5.32 Å². The van der Waals surface area contributed by atoms with Gasteiger partial charge in [-0.1, -0.05) is 23.7 Å². The van der Waals surface area contributed by atoms with Gasteiger partial charge in [-0.15, -0.1) is 0 Å². The number of benzene rings is 2. The molecule has 0 atom stereocenters. The Balaban J connectivity index is 2.26. The molecule has 0 fully saturated rings. The Morgan fingerprint density at radius 1 is 1.10 bits per heavy atom. The third-order valence-electron chi connectivity index (χ3n) is 3.87. The molecule has 8 nitrogen and oxygen atoms in total. The second-order valence-electron chi connectivity index (χ2n) is 6.13. The number of carbonyl (C=O) groups is 2. The van der Waals surface area contributed by atoms with Crippen molar-refractivity contribution in [2.24, 2.45) is 0 Å². The lowest BCUT2D eigenvalue weighted by Gasteiger charge is -2.24. The molecule has 2 rings (SSSR count). The molecule has 0 aromatic heterocycles. The minimum absolute atomic E-state index is 0.0953. The van der Waals surface area contributed by atoms with Crippen LogP contribution in [0.1, 0.15) is 24.2 Å². The van der Waals surface area contributed by atoms with Crippen molar-refractivity contribution in [1.29, 1.82) is 0 Å². The number of halogens is 1. The number of hydrogen-bond acceptors (Lipinski definition) is 6. The maximum Gasteiger partial charge on any atom is 0.339 e. The number of para-hydroxylation sites is 2. The third-order valence-corrected chi connectivity index (χ3v) is 5.32. The van der Waals surface area contributed by atoms with Crippen LogP contribution in [0.25, 0.3) is 0 Å². The maximum atomic E-state index is 12.6. The minimum Gasteiger partial charge on any atom is -0.492 e. The Hall–Kier alpha value is -2.78. The fourth-order valence-corrected chi connectivity index (χ4v) is 3.68. The number of esters is 1. The molecule has 1 amide bonds. The van der Waals surface area contributed by atoms with Gasteiger partial charge < -0.3 is 14.8 Å². The van der Waals surface area contributed by atoms with Gasteiger partial charge in [-0.3, -0.25) is 9.10 Å². The number of nitrogens with zero attached hydrogens (tertiary/aromatic N) is 1. The molecule has 1 N–H and O–H groups in total. The van der Waals surface area contributed by atoms with Gasteiger partial charge in [0.15, 0.2) is 0 Å². The summed E-state index contributed by atoms with van der Waals surface area (Å²) in [5.74, 6) is -0.889. The Morgan fingerprint density at radius 2 is 1.80 bits per heavy atom. The molecular weight excluding hydrogens is 432 g/mol. The van der Waals surface area contributed by atoms with Gasteiger partial charge in [0.1, 0.15) is 12.3 Å². The number of hydrogen-bond donors (Lipinski definition) is 1. The van der Waals surface area contributed by atoms with E-state index >= 15 is 0 Å². The van der Waals surface area contributed by atoms with E-state index in [4.69, 9.17) is 21.1 Å². The first kappa shape index (κ1) is 23.5. The van der Waals surface area contributed by atoms with Gasteiger partial charge in [0.05, 0.1) is 35.7 Å². The minimum atomic E-state index is -3.78. The predicted octanol–water partition coefficient (Wildman–Crippen LogP) is 3.32. The second-order valence-corrected chi connectivity index (χ2v) is 8.45. The largest absolute Gasteiger partial charge is 0.492 e. The van der Waals surface area contributed by atoms with Crippen molar-refractivity contribution < 1.29 is 27.5 Å². The van der Waals surface area contributed by atoms with Crippen molar-refractivity contribution in [3.05, 3.63) is 53.1 Å². The Kier molecular flexibility index (Phi) is 8.08. The number of amides is 1. The molecule has 0 radical (unpaired) electrons. The zero-order chi connectivity index (χ0) is 22.3. The van der Waals surface area contributed by atoms with E-state index < -0.39 is 28.4 Å². The van der Waals surface area contributed by atoms with Gasteiger partial charge in [-0.25, -0.2) is 13.2 Å². The predicted molar refractivity (Wildman–Crippen MR) is 116 cm³/mol. The summed E-state index contributed by atoms with van der Waals surface area (Å²) >= 11 is 6.02. The highest BCUT2D eigenvalue weighted by atomic mass is 35.5. The lowest BCUT2D eigenvalue weighted by molar-refractivity contribution is -0.114. The van der Waals surface area contributed by atoms with E-state index in [-0.39, 0.29) is 28.6 Å². The van der Waals surface area contributed by atoms with Crippen molar-refractivity contribution >= 4 is 44.9 Å². The van der Waals surface area contributed by atoms with Crippen molar-refractivity contribution in [3.63, 3.8) is 0 Å². The average molecular weight is 455 g/mol. The smallest absolute Gasteiger partial charge is 0.339 e. The van der Waals surface area contributed by atoms with Gasteiger partial charge in [-0.2, -0.15) is 0 Å². The Bertz CT molecular complexity index is 1030. The number of carbonyl (C=O) groups excluding carboxylic acids is 2. The van der Waals surface area contributed by atoms with E-state index in [0.717, 1.165) is 10.6 Å². The number of ether oxygens (including phenoxy) is 2. The summed E-state index contributed by atoms with van der Waals surface area (Å²) in [5.41, 5.74) is 0.622. The quantitative estimate of drug-likeness (QED) is 0.583. The van der Waals surface area contributed by atoms with Crippen LogP contribution < -0.4 is 14.4 Å². The molecule has 0 bridgehead atoms. The molecular formula is C20H23ClN2O6S. The fourth-order valence-electron chi connectivity index (χ4n) is 2.62. The molecule has 0 aliphatic rings. The molecule has 2 aromatic rings. The van der Waals surface area contributed by atoms with Gasteiger partial charge >= 0.3 is 5.97 Å². The van der Waals surface area contributed by atoms with Crippen molar-refractivity contribution in [1.82, 2.24) is 0 Å². The van der Waals surface area contributed by atoms with Crippen molar-refractivity contribution in [2.45, 2.75) is 13.8 Å². The monoisotopic (exact) mass is 454 g/mol. The Morgan fingerprint density at radius 3 is 2.43 bits per heavy atom. The molecule has 0 heterocycles. The van der Waals surface area contributed by atoms with Crippen LogP contribution in [0.5, 0.6) is 5.75 Å². The van der Waals surface area contributed by atoms with Gasteiger partial charge in [-0.05, 0) is 44.2 Å². The fraction of sp³-hybridized carbons (Fsp3) is 0.300. The third kappa shape index (κ3) is 6.11. The first-order valence-corrected chi connectivity index (χ1v) is 11.4. The summed E-state index contributed by atoms with van der Waals surface area (Å²) < 4.78 is 36.1. The van der Waals surface area contributed by atoms with Crippen molar-refractivity contribution in [2.75, 3.05) is 35.6 Å². The summed E-state index contributed by atoms with van der Waals surface area (Å²) in [4.78, 5) is 24.6. The number of anilines is 2. The van der Waals surface area contributed by atoms with E-state index in [9.17, 15) is 18.0 Å². The van der Waals surface area contributed by atoms with Crippen LogP contribution in [-0.2, 0) is 19.6 Å². The standard InChI is InChI=1S/C20H23ClN2O6S/c1-4-28-18-9-7-6-8-17(18)23(30(3,26)27)13-19(24)22-14-10-11-16(21)15(12-14)20(25)29-5-2/h6-12H,4-5,13H2,1-3H3,(H,22,24). The molecule has 0 aliphatic heterocycles. The van der Waals surface area contributed by atoms with E-state index in [1.54, 1.807) is 38.1 Å². The zero-order valence-electron chi connectivity index (χ0n) is 16.8.